The van der Waals surface area contributed by atoms with Crippen LogP contribution in [-0.4, -0.2) is 41.7 Å². The highest BCUT2D eigenvalue weighted by atomic mass is 32.2. The average Bonchev–Trinajstić information content (AvgIpc) is 3.28. The molecule has 3 aromatic rings. The van der Waals surface area contributed by atoms with Crippen LogP contribution in [0.3, 0.4) is 0 Å². The van der Waals surface area contributed by atoms with Crippen LogP contribution < -0.4 is 5.32 Å². The molecule has 0 aliphatic rings. The third-order valence-electron chi connectivity index (χ3n) is 4.40. The van der Waals surface area contributed by atoms with E-state index in [1.54, 1.807) is 44.6 Å². The van der Waals surface area contributed by atoms with Gasteiger partial charge in [-0.15, -0.1) is 0 Å². The normalized spacial score (nSPS) is 11.6. The van der Waals surface area contributed by atoms with Crippen LogP contribution >= 0.6 is 0 Å². The van der Waals surface area contributed by atoms with Crippen LogP contribution in [0.2, 0.25) is 0 Å². The van der Waals surface area contributed by atoms with Crippen LogP contribution in [0.4, 0.5) is 0 Å². The maximum absolute atomic E-state index is 12.5. The van der Waals surface area contributed by atoms with E-state index in [1.807, 2.05) is 0 Å². The molecule has 0 atom stereocenters. The van der Waals surface area contributed by atoms with Crippen molar-refractivity contribution >= 4 is 15.9 Å². The summed E-state index contributed by atoms with van der Waals surface area (Å²) in [6.07, 6.45) is 4.64. The number of sulfonamides is 1. The first-order valence-electron chi connectivity index (χ1n) is 9.19. The third-order valence-corrected chi connectivity index (χ3v) is 6.47. The fraction of sp³-hybridized carbons (Fsp3) is 0.250. The minimum atomic E-state index is -3.56. The molecule has 152 valence electrons. The Morgan fingerprint density at radius 1 is 1.07 bits per heavy atom. The smallest absolute Gasteiger partial charge is 0.251 e. The molecule has 9 heteroatoms. The van der Waals surface area contributed by atoms with Crippen molar-refractivity contribution in [3.05, 3.63) is 66.3 Å². The molecule has 1 amide bonds. The van der Waals surface area contributed by atoms with Crippen molar-refractivity contribution in [3.63, 3.8) is 0 Å². The van der Waals surface area contributed by atoms with E-state index in [9.17, 15) is 13.2 Å². The van der Waals surface area contributed by atoms with Crippen molar-refractivity contribution in [2.45, 2.75) is 25.3 Å². The van der Waals surface area contributed by atoms with Crippen LogP contribution in [0.15, 0.2) is 64.4 Å². The van der Waals surface area contributed by atoms with Crippen molar-refractivity contribution in [2.24, 2.45) is 0 Å². The average molecular weight is 414 g/mol. The summed E-state index contributed by atoms with van der Waals surface area (Å²) in [5.41, 5.74) is 1.47. The van der Waals surface area contributed by atoms with Crippen molar-refractivity contribution in [2.75, 3.05) is 13.1 Å². The van der Waals surface area contributed by atoms with Gasteiger partial charge in [-0.05, 0) is 36.4 Å². The summed E-state index contributed by atoms with van der Waals surface area (Å²) in [5, 5.41) is 2.78. The molecular weight excluding hydrogens is 392 g/mol. The van der Waals surface area contributed by atoms with Gasteiger partial charge in [-0.3, -0.25) is 9.78 Å². The first kappa shape index (κ1) is 20.7. The van der Waals surface area contributed by atoms with Gasteiger partial charge in [0.05, 0.1) is 23.4 Å². The van der Waals surface area contributed by atoms with Crippen molar-refractivity contribution in [1.82, 2.24) is 19.6 Å². The minimum Gasteiger partial charge on any atom is -0.463 e. The van der Waals surface area contributed by atoms with Crippen molar-refractivity contribution in [3.8, 4) is 11.5 Å². The lowest BCUT2D eigenvalue weighted by molar-refractivity contribution is 0.0950. The molecule has 0 saturated carbocycles. The van der Waals surface area contributed by atoms with Gasteiger partial charge in [0.25, 0.3) is 5.91 Å². The summed E-state index contributed by atoms with van der Waals surface area (Å²) in [4.78, 5) is 21.2. The minimum absolute atomic E-state index is 0.155. The van der Waals surface area contributed by atoms with Crippen LogP contribution in [-0.2, 0) is 16.6 Å². The molecule has 0 unspecified atom stereocenters. The third kappa shape index (κ3) is 4.52. The van der Waals surface area contributed by atoms with E-state index in [4.69, 9.17) is 4.42 Å². The first-order chi connectivity index (χ1) is 14.0. The molecule has 8 nitrogen and oxygen atoms in total. The highest BCUT2D eigenvalue weighted by molar-refractivity contribution is 7.89. The summed E-state index contributed by atoms with van der Waals surface area (Å²) in [5.74, 6) is 0.223. The fourth-order valence-electron chi connectivity index (χ4n) is 2.87. The van der Waals surface area contributed by atoms with E-state index in [-0.39, 0.29) is 17.3 Å². The molecular formula is C20H22N4O4S. The molecule has 2 heterocycles. The van der Waals surface area contributed by atoms with E-state index in [2.05, 4.69) is 15.3 Å². The van der Waals surface area contributed by atoms with Gasteiger partial charge in [0.2, 0.25) is 10.0 Å². The second kappa shape index (κ2) is 8.97. The van der Waals surface area contributed by atoms with Crippen LogP contribution in [0.1, 0.15) is 29.9 Å². The monoisotopic (exact) mass is 414 g/mol. The lowest BCUT2D eigenvalue weighted by Gasteiger charge is -2.18. The number of carbonyl (C=O) groups excluding carboxylic acids is 1. The largest absolute Gasteiger partial charge is 0.463 e. The van der Waals surface area contributed by atoms with Gasteiger partial charge in [-0.25, -0.2) is 13.4 Å². The zero-order chi connectivity index (χ0) is 20.9. The maximum Gasteiger partial charge on any atom is 0.251 e. The van der Waals surface area contributed by atoms with Gasteiger partial charge in [0.1, 0.15) is 5.69 Å². The number of furan rings is 1. The SMILES string of the molecule is CCN(CC)S(=O)(=O)c1ccc(C(=O)NCc2nccnc2-c2ccco2)cc1. The zero-order valence-electron chi connectivity index (χ0n) is 16.2. The lowest BCUT2D eigenvalue weighted by Crippen LogP contribution is -2.30. The number of nitrogens with one attached hydrogen (secondary N) is 1. The topological polar surface area (TPSA) is 105 Å². The summed E-state index contributed by atoms with van der Waals surface area (Å²) in [6, 6.07) is 9.40. The molecule has 1 aromatic carbocycles. The molecule has 0 saturated heterocycles. The van der Waals surface area contributed by atoms with Crippen LogP contribution in [0.5, 0.6) is 0 Å². The Balaban J connectivity index is 1.72. The number of hydrogen-bond acceptors (Lipinski definition) is 6. The molecule has 3 rings (SSSR count). The second-order valence-corrected chi connectivity index (χ2v) is 8.06. The number of aromatic nitrogens is 2. The standard InChI is InChI=1S/C20H22N4O4S/c1-3-24(4-2)29(26,27)16-9-7-15(8-10-16)20(25)23-14-17-19(22-12-11-21-17)18-6-5-13-28-18/h5-13H,3-4,14H2,1-2H3,(H,23,25). The predicted molar refractivity (Wildman–Crippen MR) is 107 cm³/mol. The second-order valence-electron chi connectivity index (χ2n) is 6.13. The van der Waals surface area contributed by atoms with Crippen molar-refractivity contribution in [1.29, 1.82) is 0 Å². The van der Waals surface area contributed by atoms with E-state index < -0.39 is 10.0 Å². The van der Waals surface area contributed by atoms with Crippen molar-refractivity contribution < 1.29 is 17.6 Å². The number of rotatable bonds is 8. The number of carbonyl (C=O) groups is 1. The Morgan fingerprint density at radius 3 is 2.38 bits per heavy atom. The number of nitrogens with zero attached hydrogens (tertiary/aromatic N) is 3. The Bertz CT molecular complexity index is 1060. The van der Waals surface area contributed by atoms with E-state index in [0.717, 1.165) is 0 Å². The Kier molecular flexibility index (Phi) is 6.40. The molecule has 29 heavy (non-hydrogen) atoms. The first-order valence-corrected chi connectivity index (χ1v) is 10.6. The molecule has 0 spiro atoms. The maximum atomic E-state index is 12.5. The van der Waals surface area contributed by atoms with E-state index >= 15 is 0 Å². The number of amides is 1. The Hall–Kier alpha value is -3.04. The fourth-order valence-corrected chi connectivity index (χ4v) is 4.33. The molecule has 0 aliphatic carbocycles. The summed E-state index contributed by atoms with van der Waals surface area (Å²) in [7, 11) is -3.56. The van der Waals surface area contributed by atoms with Gasteiger partial charge in [0.15, 0.2) is 5.76 Å². The van der Waals surface area contributed by atoms with Crippen LogP contribution in [0, 0.1) is 0 Å². The molecule has 2 aromatic heterocycles. The van der Waals surface area contributed by atoms with E-state index in [0.29, 0.717) is 35.8 Å². The van der Waals surface area contributed by atoms with Crippen LogP contribution in [0.25, 0.3) is 11.5 Å². The Labute approximate surface area is 169 Å². The highest BCUT2D eigenvalue weighted by Gasteiger charge is 2.21. The van der Waals surface area contributed by atoms with Gasteiger partial charge in [-0.2, -0.15) is 4.31 Å². The lowest BCUT2D eigenvalue weighted by atomic mass is 10.2. The number of benzene rings is 1. The molecule has 1 N–H and O–H groups in total. The zero-order valence-corrected chi connectivity index (χ0v) is 17.0. The van der Waals surface area contributed by atoms with E-state index in [1.165, 1.54) is 28.6 Å². The summed E-state index contributed by atoms with van der Waals surface area (Å²) in [6.45, 7) is 4.50. The molecule has 0 bridgehead atoms. The quantitative estimate of drug-likeness (QED) is 0.608. The molecule has 0 fully saturated rings. The van der Waals surface area contributed by atoms with Gasteiger partial charge in [0, 0.05) is 31.0 Å². The number of hydrogen-bond donors (Lipinski definition) is 1. The summed E-state index contributed by atoms with van der Waals surface area (Å²) >= 11 is 0. The highest BCUT2D eigenvalue weighted by Crippen LogP contribution is 2.20. The summed E-state index contributed by atoms with van der Waals surface area (Å²) < 4.78 is 31.8. The van der Waals surface area contributed by atoms with Gasteiger partial charge < -0.3 is 9.73 Å². The Morgan fingerprint density at radius 2 is 1.76 bits per heavy atom. The predicted octanol–water partition coefficient (Wildman–Crippen LogP) is 2.70. The van der Waals surface area contributed by atoms with Gasteiger partial charge in [-0.1, -0.05) is 13.8 Å². The van der Waals surface area contributed by atoms with Gasteiger partial charge >= 0.3 is 0 Å². The molecule has 0 radical (unpaired) electrons. The molecule has 0 aliphatic heterocycles.